The lowest BCUT2D eigenvalue weighted by atomic mass is 10.1. The van der Waals surface area contributed by atoms with Crippen LogP contribution in [0, 0.1) is 0 Å². The molecule has 0 radical (unpaired) electrons. The predicted molar refractivity (Wildman–Crippen MR) is 93.1 cm³/mol. The fraction of sp³-hybridized carbons (Fsp3) is 0.353. The number of pyridine rings is 1. The summed E-state index contributed by atoms with van der Waals surface area (Å²) in [5, 5.41) is 3.32. The minimum atomic E-state index is -3.36. The molecule has 0 aliphatic heterocycles. The van der Waals surface area contributed by atoms with Crippen molar-refractivity contribution in [3.8, 4) is 0 Å². The zero-order chi connectivity index (χ0) is 16.1. The van der Waals surface area contributed by atoms with E-state index in [9.17, 15) is 8.42 Å². The molecule has 1 fully saturated rings. The fourth-order valence-electron chi connectivity index (χ4n) is 2.32. The molecule has 3 rings (SSSR count). The highest BCUT2D eigenvalue weighted by Gasteiger charge is 2.20. The first-order valence-corrected chi connectivity index (χ1v) is 9.53. The third-order valence-electron chi connectivity index (χ3n) is 3.69. The number of anilines is 2. The summed E-state index contributed by atoms with van der Waals surface area (Å²) in [5.74, 6) is 0.456. The number of rotatable bonds is 8. The van der Waals surface area contributed by atoms with Crippen LogP contribution in [-0.4, -0.2) is 25.2 Å². The van der Waals surface area contributed by atoms with Crippen LogP contribution in [0.25, 0.3) is 0 Å². The van der Waals surface area contributed by atoms with Crippen molar-refractivity contribution in [2.24, 2.45) is 0 Å². The minimum absolute atomic E-state index is 0.0889. The van der Waals surface area contributed by atoms with Gasteiger partial charge in [-0.3, -0.25) is 4.72 Å². The molecule has 0 bridgehead atoms. The molecule has 6 heteroatoms. The predicted octanol–water partition coefficient (Wildman–Crippen LogP) is 3.03. The summed E-state index contributed by atoms with van der Waals surface area (Å²) in [7, 11) is -3.36. The lowest BCUT2D eigenvalue weighted by molar-refractivity contribution is 0.598. The maximum absolute atomic E-state index is 12.1. The van der Waals surface area contributed by atoms with Crippen LogP contribution in [-0.2, 0) is 16.4 Å². The maximum Gasteiger partial charge on any atom is 0.233 e. The lowest BCUT2D eigenvalue weighted by Gasteiger charge is -2.09. The van der Waals surface area contributed by atoms with E-state index in [1.54, 1.807) is 12.3 Å². The van der Waals surface area contributed by atoms with Crippen molar-refractivity contribution in [3.63, 3.8) is 0 Å². The van der Waals surface area contributed by atoms with Crippen LogP contribution in [0.5, 0.6) is 0 Å². The van der Waals surface area contributed by atoms with Gasteiger partial charge >= 0.3 is 0 Å². The van der Waals surface area contributed by atoms with Gasteiger partial charge in [-0.25, -0.2) is 13.4 Å². The summed E-state index contributed by atoms with van der Waals surface area (Å²) >= 11 is 0. The second-order valence-corrected chi connectivity index (χ2v) is 7.70. The van der Waals surface area contributed by atoms with Crippen LogP contribution >= 0.6 is 0 Å². The molecule has 0 amide bonds. The van der Waals surface area contributed by atoms with Crippen LogP contribution in [0.3, 0.4) is 0 Å². The van der Waals surface area contributed by atoms with Gasteiger partial charge in [0, 0.05) is 6.04 Å². The summed E-state index contributed by atoms with van der Waals surface area (Å²) in [4.78, 5) is 4.16. The van der Waals surface area contributed by atoms with Crippen molar-refractivity contribution in [1.82, 2.24) is 4.98 Å². The Hall–Kier alpha value is -2.08. The van der Waals surface area contributed by atoms with Gasteiger partial charge in [-0.05, 0) is 43.4 Å². The number of hydrogen-bond donors (Lipinski definition) is 2. The molecule has 122 valence electrons. The summed E-state index contributed by atoms with van der Waals surface area (Å²) < 4.78 is 26.7. The summed E-state index contributed by atoms with van der Waals surface area (Å²) in [6, 6.07) is 14.0. The van der Waals surface area contributed by atoms with Gasteiger partial charge in [0.15, 0.2) is 0 Å². The Balaban J connectivity index is 1.49. The molecule has 2 N–H and O–H groups in total. The molecule has 0 atom stereocenters. The minimum Gasteiger partial charge on any atom is -0.381 e. The monoisotopic (exact) mass is 331 g/mol. The SMILES string of the molecule is O=S(=O)(CCCc1ccccc1)Nc1ccc(NC2CC2)cn1. The highest BCUT2D eigenvalue weighted by Crippen LogP contribution is 2.24. The van der Waals surface area contributed by atoms with E-state index in [1.165, 1.54) is 12.8 Å². The second kappa shape index (κ2) is 7.00. The number of nitrogens with zero attached hydrogens (tertiary/aromatic N) is 1. The average molecular weight is 331 g/mol. The van der Waals surface area contributed by atoms with Crippen LogP contribution in [0.2, 0.25) is 0 Å². The Labute approximate surface area is 137 Å². The third-order valence-corrected chi connectivity index (χ3v) is 5.04. The van der Waals surface area contributed by atoms with Crippen molar-refractivity contribution >= 4 is 21.5 Å². The van der Waals surface area contributed by atoms with E-state index in [0.717, 1.165) is 17.7 Å². The Kier molecular flexibility index (Phi) is 4.81. The number of aromatic nitrogens is 1. The highest BCUT2D eigenvalue weighted by molar-refractivity contribution is 7.92. The average Bonchev–Trinajstić information content (AvgIpc) is 3.34. The molecule has 1 aliphatic carbocycles. The number of benzene rings is 1. The van der Waals surface area contributed by atoms with Crippen LogP contribution in [0.1, 0.15) is 24.8 Å². The van der Waals surface area contributed by atoms with Gasteiger partial charge in [0.1, 0.15) is 5.82 Å². The zero-order valence-corrected chi connectivity index (χ0v) is 13.7. The number of hydrogen-bond acceptors (Lipinski definition) is 4. The van der Waals surface area contributed by atoms with E-state index in [2.05, 4.69) is 15.0 Å². The molecule has 2 aromatic rings. The Morgan fingerprint density at radius 1 is 1.09 bits per heavy atom. The molecule has 1 heterocycles. The van der Waals surface area contributed by atoms with Crippen molar-refractivity contribution in [1.29, 1.82) is 0 Å². The number of nitrogens with one attached hydrogen (secondary N) is 2. The van der Waals surface area contributed by atoms with Crippen molar-refractivity contribution in [2.45, 2.75) is 31.7 Å². The van der Waals surface area contributed by atoms with Gasteiger partial charge in [-0.1, -0.05) is 30.3 Å². The van der Waals surface area contributed by atoms with Gasteiger partial charge < -0.3 is 5.32 Å². The maximum atomic E-state index is 12.1. The van der Waals surface area contributed by atoms with E-state index in [1.807, 2.05) is 36.4 Å². The summed E-state index contributed by atoms with van der Waals surface area (Å²) in [5.41, 5.74) is 2.08. The molecule has 0 unspecified atom stereocenters. The normalized spacial score (nSPS) is 14.4. The molecular formula is C17H21N3O2S. The smallest absolute Gasteiger partial charge is 0.233 e. The van der Waals surface area contributed by atoms with Gasteiger partial charge in [0.2, 0.25) is 10.0 Å². The molecule has 23 heavy (non-hydrogen) atoms. The Bertz CT molecular complexity index is 726. The largest absolute Gasteiger partial charge is 0.381 e. The highest BCUT2D eigenvalue weighted by atomic mass is 32.2. The first-order chi connectivity index (χ1) is 11.1. The molecule has 1 aromatic heterocycles. The lowest BCUT2D eigenvalue weighted by Crippen LogP contribution is -2.18. The van der Waals surface area contributed by atoms with Gasteiger partial charge in [-0.15, -0.1) is 0 Å². The first kappa shape index (κ1) is 15.8. The van der Waals surface area contributed by atoms with Crippen LogP contribution in [0.4, 0.5) is 11.5 Å². The van der Waals surface area contributed by atoms with E-state index < -0.39 is 10.0 Å². The second-order valence-electron chi connectivity index (χ2n) is 5.86. The van der Waals surface area contributed by atoms with Crippen molar-refractivity contribution in [2.75, 3.05) is 15.8 Å². The Morgan fingerprint density at radius 2 is 1.87 bits per heavy atom. The molecular weight excluding hydrogens is 310 g/mol. The number of aryl methyl sites for hydroxylation is 1. The molecule has 1 aliphatic rings. The standard InChI is InChI=1S/C17H21N3O2S/c21-23(22,12-4-7-14-5-2-1-3-6-14)20-17-11-10-16(13-18-17)19-15-8-9-15/h1-3,5-6,10-11,13,15,19H,4,7-9,12H2,(H,18,20). The quantitative estimate of drug-likeness (QED) is 0.780. The van der Waals surface area contributed by atoms with Crippen molar-refractivity contribution < 1.29 is 8.42 Å². The zero-order valence-electron chi connectivity index (χ0n) is 12.9. The third kappa shape index (κ3) is 5.25. The van der Waals surface area contributed by atoms with E-state index in [-0.39, 0.29) is 5.75 Å². The van der Waals surface area contributed by atoms with E-state index in [4.69, 9.17) is 0 Å². The van der Waals surface area contributed by atoms with Crippen LogP contribution < -0.4 is 10.0 Å². The van der Waals surface area contributed by atoms with Gasteiger partial charge in [0.25, 0.3) is 0 Å². The van der Waals surface area contributed by atoms with E-state index >= 15 is 0 Å². The van der Waals surface area contributed by atoms with Gasteiger partial charge in [-0.2, -0.15) is 0 Å². The van der Waals surface area contributed by atoms with Gasteiger partial charge in [0.05, 0.1) is 17.6 Å². The fourth-order valence-corrected chi connectivity index (χ4v) is 3.39. The Morgan fingerprint density at radius 3 is 2.52 bits per heavy atom. The molecule has 1 aromatic carbocycles. The molecule has 1 saturated carbocycles. The van der Waals surface area contributed by atoms with Crippen molar-refractivity contribution in [3.05, 3.63) is 54.2 Å². The number of sulfonamides is 1. The van der Waals surface area contributed by atoms with Crippen LogP contribution in [0.15, 0.2) is 48.7 Å². The first-order valence-electron chi connectivity index (χ1n) is 7.88. The van der Waals surface area contributed by atoms with E-state index in [0.29, 0.717) is 18.3 Å². The summed E-state index contributed by atoms with van der Waals surface area (Å²) in [6.07, 6.45) is 5.38. The topological polar surface area (TPSA) is 71.1 Å². The molecule has 5 nitrogen and oxygen atoms in total. The summed E-state index contributed by atoms with van der Waals surface area (Å²) in [6.45, 7) is 0. The molecule has 0 spiro atoms. The molecule has 0 saturated heterocycles.